The zero-order valence-corrected chi connectivity index (χ0v) is 12.0. The quantitative estimate of drug-likeness (QED) is 0.748. The molecule has 0 aliphatic heterocycles. The minimum Gasteiger partial charge on any atom is -0.478 e. The summed E-state index contributed by atoms with van der Waals surface area (Å²) in [4.78, 5) is 11.0. The van der Waals surface area contributed by atoms with E-state index in [2.05, 4.69) is 5.32 Å². The lowest BCUT2D eigenvalue weighted by atomic mass is 10.1. The second kappa shape index (κ2) is 6.01. The van der Waals surface area contributed by atoms with Crippen molar-refractivity contribution in [2.24, 2.45) is 0 Å². The van der Waals surface area contributed by atoms with Gasteiger partial charge in [-0.05, 0) is 30.7 Å². The Bertz CT molecular complexity index is 691. The highest BCUT2D eigenvalue weighted by Gasteiger charge is 2.16. The van der Waals surface area contributed by atoms with Crippen molar-refractivity contribution in [3.63, 3.8) is 0 Å². The van der Waals surface area contributed by atoms with Crippen molar-refractivity contribution in [3.8, 4) is 0 Å². The van der Waals surface area contributed by atoms with Gasteiger partial charge in [0.2, 0.25) is 0 Å². The van der Waals surface area contributed by atoms with Crippen LogP contribution in [0.15, 0.2) is 36.4 Å². The molecule has 0 saturated heterocycles. The molecule has 0 spiro atoms. The van der Waals surface area contributed by atoms with Crippen LogP contribution in [0.5, 0.6) is 0 Å². The number of nitrogens with two attached hydrogens (primary N) is 1. The molecule has 0 fully saturated rings. The normalized spacial score (nSPS) is 12.0. The van der Waals surface area contributed by atoms with E-state index in [1.54, 1.807) is 19.1 Å². The maximum atomic E-state index is 13.9. The molecule has 1 unspecified atom stereocenters. The third kappa shape index (κ3) is 3.25. The fraction of sp³-hybridized carbons (Fsp3) is 0.133. The zero-order valence-electron chi connectivity index (χ0n) is 11.2. The summed E-state index contributed by atoms with van der Waals surface area (Å²) in [6, 6.07) is 9.04. The van der Waals surface area contributed by atoms with Gasteiger partial charge in [0, 0.05) is 10.7 Å². The lowest BCUT2D eigenvalue weighted by Crippen LogP contribution is -2.11. The van der Waals surface area contributed by atoms with Gasteiger partial charge in [0.15, 0.2) is 0 Å². The Labute approximate surface area is 126 Å². The molecule has 110 valence electrons. The Morgan fingerprint density at radius 3 is 2.67 bits per heavy atom. The molecule has 0 aliphatic carbocycles. The summed E-state index contributed by atoms with van der Waals surface area (Å²) in [5.74, 6) is -1.82. The van der Waals surface area contributed by atoms with Gasteiger partial charge in [-0.2, -0.15) is 0 Å². The van der Waals surface area contributed by atoms with E-state index < -0.39 is 11.8 Å². The fourth-order valence-corrected chi connectivity index (χ4v) is 2.32. The summed E-state index contributed by atoms with van der Waals surface area (Å²) in [5.41, 5.74) is 6.07. The fourth-order valence-electron chi connectivity index (χ4n) is 2.02. The van der Waals surface area contributed by atoms with Crippen molar-refractivity contribution in [1.29, 1.82) is 0 Å². The third-order valence-corrected chi connectivity index (χ3v) is 3.46. The first-order valence-corrected chi connectivity index (χ1v) is 6.61. The second-order valence-corrected chi connectivity index (χ2v) is 5.02. The van der Waals surface area contributed by atoms with Crippen LogP contribution in [-0.4, -0.2) is 11.1 Å². The number of hydrogen-bond donors (Lipinski definition) is 3. The van der Waals surface area contributed by atoms with Crippen LogP contribution in [0, 0.1) is 5.82 Å². The molecule has 0 heterocycles. The largest absolute Gasteiger partial charge is 0.478 e. The number of hydrogen-bond acceptors (Lipinski definition) is 3. The van der Waals surface area contributed by atoms with Gasteiger partial charge in [-0.25, -0.2) is 9.18 Å². The molecular weight excluding hydrogens is 295 g/mol. The predicted molar refractivity (Wildman–Crippen MR) is 81.3 cm³/mol. The average Bonchev–Trinajstić information content (AvgIpc) is 2.41. The molecule has 1 atom stereocenters. The lowest BCUT2D eigenvalue weighted by Gasteiger charge is -2.18. The Morgan fingerprint density at radius 2 is 2.05 bits per heavy atom. The zero-order chi connectivity index (χ0) is 15.6. The Hall–Kier alpha value is -2.27. The number of nitrogens with one attached hydrogen (secondary N) is 1. The molecule has 21 heavy (non-hydrogen) atoms. The predicted octanol–water partition coefficient (Wildman–Crippen LogP) is 3.93. The van der Waals surface area contributed by atoms with Gasteiger partial charge in [0.1, 0.15) is 5.82 Å². The van der Waals surface area contributed by atoms with Crippen LogP contribution in [-0.2, 0) is 0 Å². The molecule has 0 aromatic heterocycles. The number of carboxylic acids is 1. The van der Waals surface area contributed by atoms with Crippen molar-refractivity contribution in [1.82, 2.24) is 0 Å². The van der Waals surface area contributed by atoms with Crippen molar-refractivity contribution < 1.29 is 14.3 Å². The van der Waals surface area contributed by atoms with Gasteiger partial charge in [-0.3, -0.25) is 0 Å². The van der Waals surface area contributed by atoms with E-state index in [0.29, 0.717) is 5.02 Å². The van der Waals surface area contributed by atoms with E-state index in [-0.39, 0.29) is 23.0 Å². The second-order valence-electron chi connectivity index (χ2n) is 4.61. The van der Waals surface area contributed by atoms with E-state index in [1.165, 1.54) is 6.07 Å². The van der Waals surface area contributed by atoms with Crippen LogP contribution in [0.2, 0.25) is 5.02 Å². The number of anilines is 2. The summed E-state index contributed by atoms with van der Waals surface area (Å²) >= 11 is 6.08. The molecule has 2 aromatic rings. The van der Waals surface area contributed by atoms with Crippen LogP contribution < -0.4 is 11.1 Å². The molecule has 4 nitrogen and oxygen atoms in total. The molecule has 2 aromatic carbocycles. The number of halogens is 2. The van der Waals surface area contributed by atoms with Crippen LogP contribution in [0.25, 0.3) is 0 Å². The summed E-state index contributed by atoms with van der Waals surface area (Å²) in [7, 11) is 0. The van der Waals surface area contributed by atoms with Gasteiger partial charge in [-0.1, -0.05) is 29.8 Å². The van der Waals surface area contributed by atoms with Crippen molar-refractivity contribution in [3.05, 3.63) is 58.4 Å². The Balaban J connectivity index is 2.33. The van der Waals surface area contributed by atoms with Crippen LogP contribution >= 0.6 is 11.6 Å². The first-order valence-electron chi connectivity index (χ1n) is 6.23. The third-order valence-electron chi connectivity index (χ3n) is 3.11. The Morgan fingerprint density at radius 1 is 1.38 bits per heavy atom. The molecular formula is C15H14ClFN2O2. The number of carboxylic acid groups (broad SMARTS) is 1. The molecule has 0 bridgehead atoms. The maximum absolute atomic E-state index is 13.9. The van der Waals surface area contributed by atoms with Crippen LogP contribution in [0.4, 0.5) is 15.8 Å². The summed E-state index contributed by atoms with van der Waals surface area (Å²) in [6.45, 7) is 1.80. The van der Waals surface area contributed by atoms with Gasteiger partial charge in [0.25, 0.3) is 0 Å². The highest BCUT2D eigenvalue weighted by molar-refractivity contribution is 6.31. The van der Waals surface area contributed by atoms with E-state index in [1.807, 2.05) is 12.1 Å². The summed E-state index contributed by atoms with van der Waals surface area (Å²) < 4.78 is 13.9. The molecule has 0 radical (unpaired) electrons. The van der Waals surface area contributed by atoms with E-state index in [0.717, 1.165) is 11.6 Å². The topological polar surface area (TPSA) is 75.3 Å². The number of benzene rings is 2. The SMILES string of the molecule is CC(Nc1cc(C(=O)O)c(N)cc1F)c1ccccc1Cl. The van der Waals surface area contributed by atoms with Gasteiger partial charge < -0.3 is 16.2 Å². The first-order chi connectivity index (χ1) is 9.90. The van der Waals surface area contributed by atoms with E-state index in [4.69, 9.17) is 22.4 Å². The van der Waals surface area contributed by atoms with Crippen molar-refractivity contribution >= 4 is 28.9 Å². The highest BCUT2D eigenvalue weighted by atomic mass is 35.5. The maximum Gasteiger partial charge on any atom is 0.337 e. The summed E-state index contributed by atoms with van der Waals surface area (Å²) in [5, 5.41) is 12.5. The molecule has 4 N–H and O–H groups in total. The molecule has 2 rings (SSSR count). The minimum atomic E-state index is -1.21. The molecule has 6 heteroatoms. The lowest BCUT2D eigenvalue weighted by molar-refractivity contribution is 0.0698. The average molecular weight is 309 g/mol. The van der Waals surface area contributed by atoms with Crippen LogP contribution in [0.1, 0.15) is 28.9 Å². The number of aromatic carboxylic acids is 1. The smallest absolute Gasteiger partial charge is 0.337 e. The Kier molecular flexibility index (Phi) is 4.33. The van der Waals surface area contributed by atoms with Gasteiger partial charge in [0.05, 0.1) is 17.3 Å². The molecule has 0 saturated carbocycles. The van der Waals surface area contributed by atoms with E-state index in [9.17, 15) is 9.18 Å². The van der Waals surface area contributed by atoms with Gasteiger partial charge >= 0.3 is 5.97 Å². The monoisotopic (exact) mass is 308 g/mol. The highest BCUT2D eigenvalue weighted by Crippen LogP contribution is 2.29. The van der Waals surface area contributed by atoms with Crippen molar-refractivity contribution in [2.75, 3.05) is 11.1 Å². The minimum absolute atomic E-state index is 0.0639. The standard InChI is InChI=1S/C15H14ClFN2O2/c1-8(9-4-2-3-5-11(9)16)19-14-6-10(15(20)21)13(18)7-12(14)17/h2-8,19H,18H2,1H3,(H,20,21). The molecule has 0 amide bonds. The van der Waals surface area contributed by atoms with Gasteiger partial charge in [-0.15, -0.1) is 0 Å². The first kappa shape index (κ1) is 15.1. The summed E-state index contributed by atoms with van der Waals surface area (Å²) in [6.07, 6.45) is 0. The number of carbonyl (C=O) groups is 1. The van der Waals surface area contributed by atoms with Crippen LogP contribution in [0.3, 0.4) is 0 Å². The number of nitrogen functional groups attached to an aromatic ring is 1. The number of rotatable bonds is 4. The molecule has 0 aliphatic rings. The van der Waals surface area contributed by atoms with E-state index >= 15 is 0 Å². The van der Waals surface area contributed by atoms with Crippen molar-refractivity contribution in [2.45, 2.75) is 13.0 Å².